The van der Waals surface area contributed by atoms with Crippen molar-refractivity contribution in [2.75, 3.05) is 7.11 Å². The second-order valence-electron chi connectivity index (χ2n) is 4.28. The third kappa shape index (κ3) is 3.64. The summed E-state index contributed by atoms with van der Waals surface area (Å²) in [4.78, 5) is 10.5. The first-order valence-corrected chi connectivity index (χ1v) is 6.77. The van der Waals surface area contributed by atoms with E-state index in [9.17, 15) is 10.1 Å². The smallest absolute Gasteiger partial charge is 0.276 e. The van der Waals surface area contributed by atoms with Gasteiger partial charge in [-0.25, -0.2) is 0 Å². The minimum Gasteiger partial charge on any atom is -0.497 e. The van der Waals surface area contributed by atoms with Crippen LogP contribution in [0.15, 0.2) is 42.5 Å². The molecule has 0 aliphatic rings. The molecule has 21 heavy (non-hydrogen) atoms. The Kier molecular flexibility index (Phi) is 5.00. The monoisotopic (exact) mass is 307 g/mol. The molecule has 2 aromatic carbocycles. The molecule has 0 N–H and O–H groups in total. The molecule has 0 amide bonds. The van der Waals surface area contributed by atoms with Gasteiger partial charge in [-0.1, -0.05) is 18.2 Å². The Labute approximate surface area is 127 Å². The highest BCUT2D eigenvalue weighted by Crippen LogP contribution is 2.28. The zero-order chi connectivity index (χ0) is 15.2. The van der Waals surface area contributed by atoms with Crippen LogP contribution in [-0.4, -0.2) is 12.0 Å². The molecule has 0 spiro atoms. The Morgan fingerprint density at radius 2 is 1.95 bits per heavy atom. The number of nitro benzene ring substituents is 1. The standard InChI is InChI=1S/C15H14ClNO4/c1-20-13-7-6-11(9-16)15(8-13)21-10-12-4-2-3-5-14(12)17(18)19/h2-8H,9-10H2,1H3. The predicted octanol–water partition coefficient (Wildman–Crippen LogP) is 3.92. The maximum atomic E-state index is 11.0. The Hall–Kier alpha value is -2.27. The van der Waals surface area contributed by atoms with Crippen molar-refractivity contribution in [1.82, 2.24) is 0 Å². The molecule has 0 unspecified atom stereocenters. The molecule has 0 fully saturated rings. The normalized spacial score (nSPS) is 10.2. The lowest BCUT2D eigenvalue weighted by Crippen LogP contribution is -2.02. The van der Waals surface area contributed by atoms with Crippen LogP contribution in [-0.2, 0) is 12.5 Å². The number of rotatable bonds is 6. The number of hydrogen-bond acceptors (Lipinski definition) is 4. The van der Waals surface area contributed by atoms with Crippen LogP contribution in [0.3, 0.4) is 0 Å². The third-order valence-electron chi connectivity index (χ3n) is 2.99. The average Bonchev–Trinajstić information content (AvgIpc) is 2.52. The van der Waals surface area contributed by atoms with Crippen LogP contribution in [0.1, 0.15) is 11.1 Å². The number of halogens is 1. The molecule has 110 valence electrons. The van der Waals surface area contributed by atoms with Gasteiger partial charge in [0.15, 0.2) is 0 Å². The van der Waals surface area contributed by atoms with Crippen molar-refractivity contribution >= 4 is 17.3 Å². The number of methoxy groups -OCH3 is 1. The number of benzene rings is 2. The summed E-state index contributed by atoms with van der Waals surface area (Å²) in [7, 11) is 1.56. The van der Waals surface area contributed by atoms with Crippen molar-refractivity contribution in [2.45, 2.75) is 12.5 Å². The average molecular weight is 308 g/mol. The third-order valence-corrected chi connectivity index (χ3v) is 3.28. The van der Waals surface area contributed by atoms with Crippen LogP contribution >= 0.6 is 11.6 Å². The van der Waals surface area contributed by atoms with Gasteiger partial charge in [0.1, 0.15) is 18.1 Å². The lowest BCUT2D eigenvalue weighted by Gasteiger charge is -2.11. The van der Waals surface area contributed by atoms with E-state index in [1.807, 2.05) is 0 Å². The van der Waals surface area contributed by atoms with Crippen molar-refractivity contribution in [3.63, 3.8) is 0 Å². The summed E-state index contributed by atoms with van der Waals surface area (Å²) in [6, 6.07) is 11.8. The van der Waals surface area contributed by atoms with Gasteiger partial charge >= 0.3 is 0 Å². The fraction of sp³-hybridized carbons (Fsp3) is 0.200. The summed E-state index contributed by atoms with van der Waals surface area (Å²) in [5.41, 5.74) is 1.34. The Balaban J connectivity index is 2.22. The van der Waals surface area contributed by atoms with E-state index in [0.717, 1.165) is 5.56 Å². The summed E-state index contributed by atoms with van der Waals surface area (Å²) >= 11 is 5.86. The quantitative estimate of drug-likeness (QED) is 0.461. The molecule has 5 nitrogen and oxygen atoms in total. The number of nitrogens with zero attached hydrogens (tertiary/aromatic N) is 1. The maximum absolute atomic E-state index is 11.0. The van der Waals surface area contributed by atoms with Crippen molar-refractivity contribution in [3.05, 3.63) is 63.7 Å². The maximum Gasteiger partial charge on any atom is 0.276 e. The lowest BCUT2D eigenvalue weighted by atomic mass is 10.2. The minimum atomic E-state index is -0.424. The van der Waals surface area contributed by atoms with Gasteiger partial charge in [-0.3, -0.25) is 10.1 Å². The number of nitro groups is 1. The highest BCUT2D eigenvalue weighted by molar-refractivity contribution is 6.17. The second-order valence-corrected chi connectivity index (χ2v) is 4.55. The molecule has 0 saturated heterocycles. The van der Waals surface area contributed by atoms with Crippen molar-refractivity contribution in [1.29, 1.82) is 0 Å². The fourth-order valence-electron chi connectivity index (χ4n) is 1.87. The Morgan fingerprint density at radius 1 is 1.19 bits per heavy atom. The summed E-state index contributed by atoms with van der Waals surface area (Å²) < 4.78 is 10.8. The minimum absolute atomic E-state index is 0.0350. The first-order chi connectivity index (χ1) is 10.2. The van der Waals surface area contributed by atoms with Crippen molar-refractivity contribution in [3.8, 4) is 11.5 Å². The number of alkyl halides is 1. The Morgan fingerprint density at radius 3 is 2.62 bits per heavy atom. The van der Waals surface area contributed by atoms with E-state index in [1.165, 1.54) is 6.07 Å². The van der Waals surface area contributed by atoms with E-state index < -0.39 is 4.92 Å². The molecule has 0 saturated carbocycles. The van der Waals surface area contributed by atoms with E-state index in [1.54, 1.807) is 43.5 Å². The number of ether oxygens (including phenoxy) is 2. The molecule has 0 heterocycles. The van der Waals surface area contributed by atoms with Crippen LogP contribution in [0, 0.1) is 10.1 Å². The largest absolute Gasteiger partial charge is 0.497 e. The topological polar surface area (TPSA) is 61.6 Å². The molecule has 0 aliphatic carbocycles. The molecule has 0 aromatic heterocycles. The van der Waals surface area contributed by atoms with Gasteiger partial charge in [0.2, 0.25) is 0 Å². The summed E-state index contributed by atoms with van der Waals surface area (Å²) in [5.74, 6) is 1.49. The van der Waals surface area contributed by atoms with Crippen LogP contribution in [0.5, 0.6) is 11.5 Å². The lowest BCUT2D eigenvalue weighted by molar-refractivity contribution is -0.385. The van der Waals surface area contributed by atoms with Gasteiger partial charge in [-0.15, -0.1) is 11.6 Å². The van der Waals surface area contributed by atoms with Crippen LogP contribution < -0.4 is 9.47 Å². The molecule has 0 radical (unpaired) electrons. The number of hydrogen-bond donors (Lipinski definition) is 0. The SMILES string of the molecule is COc1ccc(CCl)c(OCc2ccccc2[N+](=O)[O-])c1. The highest BCUT2D eigenvalue weighted by Gasteiger charge is 2.13. The van der Waals surface area contributed by atoms with Crippen LogP contribution in [0.2, 0.25) is 0 Å². The molecule has 0 aliphatic heterocycles. The summed E-state index contributed by atoms with van der Waals surface area (Å²) in [5, 5.41) is 11.0. The van der Waals surface area contributed by atoms with Gasteiger partial charge in [0.25, 0.3) is 5.69 Å². The van der Waals surface area contributed by atoms with E-state index in [4.69, 9.17) is 21.1 Å². The first kappa shape index (κ1) is 15.1. The van der Waals surface area contributed by atoms with Crippen molar-refractivity contribution in [2.24, 2.45) is 0 Å². The summed E-state index contributed by atoms with van der Waals surface area (Å²) in [6.45, 7) is 0.0915. The molecule has 0 bridgehead atoms. The van der Waals surface area contributed by atoms with Crippen LogP contribution in [0.4, 0.5) is 5.69 Å². The van der Waals surface area contributed by atoms with E-state index in [-0.39, 0.29) is 18.2 Å². The molecule has 0 atom stereocenters. The van der Waals surface area contributed by atoms with E-state index in [0.29, 0.717) is 17.1 Å². The highest BCUT2D eigenvalue weighted by atomic mass is 35.5. The Bertz CT molecular complexity index is 645. The van der Waals surface area contributed by atoms with Gasteiger partial charge in [-0.05, 0) is 12.1 Å². The zero-order valence-corrected chi connectivity index (χ0v) is 12.2. The zero-order valence-electron chi connectivity index (χ0n) is 11.4. The second kappa shape index (κ2) is 6.95. The fourth-order valence-corrected chi connectivity index (χ4v) is 2.09. The predicted molar refractivity (Wildman–Crippen MR) is 80.0 cm³/mol. The van der Waals surface area contributed by atoms with Gasteiger partial charge in [0.05, 0.1) is 23.5 Å². The first-order valence-electron chi connectivity index (χ1n) is 6.23. The molecular formula is C15H14ClNO4. The molecule has 6 heteroatoms. The summed E-state index contributed by atoms with van der Waals surface area (Å²) in [6.07, 6.45) is 0. The van der Waals surface area contributed by atoms with Crippen LogP contribution in [0.25, 0.3) is 0 Å². The van der Waals surface area contributed by atoms with E-state index in [2.05, 4.69) is 0 Å². The number of para-hydroxylation sites is 1. The van der Waals surface area contributed by atoms with E-state index >= 15 is 0 Å². The van der Waals surface area contributed by atoms with Crippen molar-refractivity contribution < 1.29 is 14.4 Å². The van der Waals surface area contributed by atoms with Gasteiger partial charge in [-0.2, -0.15) is 0 Å². The molecule has 2 aromatic rings. The van der Waals surface area contributed by atoms with Gasteiger partial charge in [0, 0.05) is 17.7 Å². The molecule has 2 rings (SSSR count). The molecular weight excluding hydrogens is 294 g/mol. The van der Waals surface area contributed by atoms with Gasteiger partial charge < -0.3 is 9.47 Å².